The summed E-state index contributed by atoms with van der Waals surface area (Å²) in [5, 5.41) is 13.7. The number of rotatable bonds is 5. The molecule has 0 unspecified atom stereocenters. The molecule has 0 saturated heterocycles. The third kappa shape index (κ3) is 3.34. The summed E-state index contributed by atoms with van der Waals surface area (Å²) in [6.45, 7) is 4.08. The number of nitrogens with zero attached hydrogens (tertiary/aromatic N) is 4. The van der Waals surface area contributed by atoms with Crippen molar-refractivity contribution in [3.63, 3.8) is 0 Å². The molecule has 7 nitrogen and oxygen atoms in total. The molecule has 0 aliphatic rings. The molecule has 8 heteroatoms. The lowest BCUT2D eigenvalue weighted by molar-refractivity contribution is 0.0905. The van der Waals surface area contributed by atoms with Crippen molar-refractivity contribution < 1.29 is 4.79 Å². The van der Waals surface area contributed by atoms with E-state index in [9.17, 15) is 4.79 Å². The standard InChI is InChI=1S/C16H18N6OS/c1-16(2,19-15(23)12-10-24-14(8-17)18-12)13-9-22(21-20-13)11-6-4-3-5-7-11/h3-7,9-10H,8,17H2,1-2H3,(H,19,23). The highest BCUT2D eigenvalue weighted by atomic mass is 32.1. The molecule has 24 heavy (non-hydrogen) atoms. The van der Waals surface area contributed by atoms with E-state index in [0.717, 1.165) is 10.7 Å². The van der Waals surface area contributed by atoms with Gasteiger partial charge < -0.3 is 11.1 Å². The monoisotopic (exact) mass is 342 g/mol. The number of hydrogen-bond acceptors (Lipinski definition) is 6. The molecule has 0 atom stereocenters. The minimum Gasteiger partial charge on any atom is -0.340 e. The quantitative estimate of drug-likeness (QED) is 0.737. The van der Waals surface area contributed by atoms with Crippen molar-refractivity contribution in [2.75, 3.05) is 0 Å². The molecule has 0 radical (unpaired) electrons. The molecular formula is C16H18N6OS. The smallest absolute Gasteiger partial charge is 0.271 e. The van der Waals surface area contributed by atoms with Gasteiger partial charge in [-0.2, -0.15) is 0 Å². The lowest BCUT2D eigenvalue weighted by atomic mass is 10.0. The fraction of sp³-hybridized carbons (Fsp3) is 0.250. The molecule has 0 aliphatic carbocycles. The maximum atomic E-state index is 12.4. The molecule has 3 rings (SSSR count). The van der Waals surface area contributed by atoms with Crippen LogP contribution in [-0.4, -0.2) is 25.9 Å². The summed E-state index contributed by atoms with van der Waals surface area (Å²) < 4.78 is 1.68. The van der Waals surface area contributed by atoms with Crippen LogP contribution >= 0.6 is 11.3 Å². The molecular weight excluding hydrogens is 324 g/mol. The van der Waals surface area contributed by atoms with Gasteiger partial charge >= 0.3 is 0 Å². The van der Waals surface area contributed by atoms with Gasteiger partial charge in [0.1, 0.15) is 16.4 Å². The minimum absolute atomic E-state index is 0.259. The number of para-hydroxylation sites is 1. The number of carbonyl (C=O) groups excluding carboxylic acids is 1. The largest absolute Gasteiger partial charge is 0.340 e. The fourth-order valence-corrected chi connectivity index (χ4v) is 2.83. The molecule has 3 N–H and O–H groups in total. The first-order valence-corrected chi connectivity index (χ1v) is 8.33. The average molecular weight is 342 g/mol. The third-order valence-corrected chi connectivity index (χ3v) is 4.41. The van der Waals surface area contributed by atoms with Crippen molar-refractivity contribution >= 4 is 17.2 Å². The van der Waals surface area contributed by atoms with Crippen molar-refractivity contribution in [2.24, 2.45) is 5.73 Å². The van der Waals surface area contributed by atoms with Gasteiger partial charge in [-0.3, -0.25) is 4.79 Å². The maximum Gasteiger partial charge on any atom is 0.271 e. The second-order valence-electron chi connectivity index (χ2n) is 5.79. The molecule has 0 saturated carbocycles. The highest BCUT2D eigenvalue weighted by Crippen LogP contribution is 2.20. The van der Waals surface area contributed by atoms with E-state index < -0.39 is 5.54 Å². The lowest BCUT2D eigenvalue weighted by Crippen LogP contribution is -2.41. The minimum atomic E-state index is -0.684. The summed E-state index contributed by atoms with van der Waals surface area (Å²) in [6, 6.07) is 9.68. The SMILES string of the molecule is CC(C)(NC(=O)c1csc(CN)n1)c1cn(-c2ccccc2)nn1. The van der Waals surface area contributed by atoms with E-state index in [-0.39, 0.29) is 5.91 Å². The van der Waals surface area contributed by atoms with Gasteiger partial charge in [0.2, 0.25) is 0 Å². The highest BCUT2D eigenvalue weighted by Gasteiger charge is 2.28. The predicted octanol–water partition coefficient (Wildman–Crippen LogP) is 1.85. The summed E-state index contributed by atoms with van der Waals surface area (Å²) in [5.74, 6) is -0.259. The molecule has 3 aromatic rings. The van der Waals surface area contributed by atoms with Crippen LogP contribution in [0.4, 0.5) is 0 Å². The van der Waals surface area contributed by atoms with Crippen molar-refractivity contribution in [1.82, 2.24) is 25.3 Å². The Labute approximate surface area is 143 Å². The van der Waals surface area contributed by atoms with Crippen molar-refractivity contribution in [2.45, 2.75) is 25.9 Å². The maximum absolute atomic E-state index is 12.4. The number of nitrogens with two attached hydrogens (primary N) is 1. The number of amides is 1. The first-order chi connectivity index (χ1) is 11.5. The van der Waals surface area contributed by atoms with Gasteiger partial charge in [-0.25, -0.2) is 9.67 Å². The molecule has 1 aromatic carbocycles. The summed E-state index contributed by atoms with van der Waals surface area (Å²) in [6.07, 6.45) is 1.81. The van der Waals surface area contributed by atoms with Crippen molar-refractivity contribution in [3.8, 4) is 5.69 Å². The van der Waals surface area contributed by atoms with Crippen molar-refractivity contribution in [1.29, 1.82) is 0 Å². The Hall–Kier alpha value is -2.58. The zero-order chi connectivity index (χ0) is 17.2. The van der Waals surface area contributed by atoms with Crippen LogP contribution in [0.2, 0.25) is 0 Å². The summed E-state index contributed by atoms with van der Waals surface area (Å²) in [7, 11) is 0. The molecule has 124 valence electrons. The zero-order valence-electron chi connectivity index (χ0n) is 13.4. The number of carbonyl (C=O) groups is 1. The summed E-state index contributed by atoms with van der Waals surface area (Å²) in [5.41, 5.74) is 6.78. The Morgan fingerprint density at radius 2 is 2.08 bits per heavy atom. The van der Waals surface area contributed by atoms with Gasteiger partial charge in [0.25, 0.3) is 5.91 Å². The van der Waals surface area contributed by atoms with E-state index in [1.807, 2.05) is 50.4 Å². The van der Waals surface area contributed by atoms with E-state index in [2.05, 4.69) is 20.6 Å². The molecule has 0 bridgehead atoms. The van der Waals surface area contributed by atoms with Gasteiger partial charge in [-0.15, -0.1) is 16.4 Å². The topological polar surface area (TPSA) is 98.7 Å². The van der Waals surface area contributed by atoms with Crippen LogP contribution in [0.3, 0.4) is 0 Å². The number of nitrogens with one attached hydrogen (secondary N) is 1. The highest BCUT2D eigenvalue weighted by molar-refractivity contribution is 7.09. The molecule has 1 amide bonds. The van der Waals surface area contributed by atoms with E-state index in [4.69, 9.17) is 5.73 Å². The Bertz CT molecular complexity index is 839. The van der Waals surface area contributed by atoms with E-state index >= 15 is 0 Å². The van der Waals surface area contributed by atoms with Crippen molar-refractivity contribution in [3.05, 3.63) is 58.3 Å². The van der Waals surface area contributed by atoms with Crippen LogP contribution in [-0.2, 0) is 12.1 Å². The second-order valence-corrected chi connectivity index (χ2v) is 6.74. The molecule has 0 aliphatic heterocycles. The molecule has 0 spiro atoms. The number of aromatic nitrogens is 4. The predicted molar refractivity (Wildman–Crippen MR) is 91.9 cm³/mol. The normalized spacial score (nSPS) is 11.5. The fourth-order valence-electron chi connectivity index (χ4n) is 2.18. The van der Waals surface area contributed by atoms with Gasteiger partial charge in [0, 0.05) is 11.9 Å². The number of hydrogen-bond donors (Lipinski definition) is 2. The van der Waals surface area contributed by atoms with E-state index in [1.165, 1.54) is 11.3 Å². The van der Waals surface area contributed by atoms with Crippen LogP contribution in [0.15, 0.2) is 41.9 Å². The van der Waals surface area contributed by atoms with Gasteiger partial charge in [-0.05, 0) is 26.0 Å². The zero-order valence-corrected chi connectivity index (χ0v) is 14.2. The summed E-state index contributed by atoms with van der Waals surface area (Å²) >= 11 is 1.37. The van der Waals surface area contributed by atoms with Crippen LogP contribution < -0.4 is 11.1 Å². The lowest BCUT2D eigenvalue weighted by Gasteiger charge is -2.23. The molecule has 2 heterocycles. The van der Waals surface area contributed by atoms with Crippen LogP contribution in [0, 0.1) is 0 Å². The number of thiazole rings is 1. The van der Waals surface area contributed by atoms with Gasteiger partial charge in [-0.1, -0.05) is 23.4 Å². The van der Waals surface area contributed by atoms with Gasteiger partial charge in [0.05, 0.1) is 17.4 Å². The van der Waals surface area contributed by atoms with E-state index in [1.54, 1.807) is 10.1 Å². The molecule has 0 fully saturated rings. The first-order valence-electron chi connectivity index (χ1n) is 7.45. The average Bonchev–Trinajstić information content (AvgIpc) is 3.25. The Morgan fingerprint density at radius 1 is 1.33 bits per heavy atom. The van der Waals surface area contributed by atoms with Gasteiger partial charge in [0.15, 0.2) is 0 Å². The second kappa shape index (κ2) is 6.50. The molecule has 2 aromatic heterocycles. The van der Waals surface area contributed by atoms with Crippen LogP contribution in [0.1, 0.15) is 35.0 Å². The van der Waals surface area contributed by atoms with Crippen LogP contribution in [0.25, 0.3) is 5.69 Å². The first kappa shape index (κ1) is 16.3. The third-order valence-electron chi connectivity index (χ3n) is 3.54. The Balaban J connectivity index is 1.78. The van der Waals surface area contributed by atoms with E-state index in [0.29, 0.717) is 17.9 Å². The number of benzene rings is 1. The Kier molecular flexibility index (Phi) is 4.41. The Morgan fingerprint density at radius 3 is 2.75 bits per heavy atom. The van der Waals surface area contributed by atoms with Crippen LogP contribution in [0.5, 0.6) is 0 Å². The summed E-state index contributed by atoms with van der Waals surface area (Å²) in [4.78, 5) is 16.6.